The zero-order chi connectivity index (χ0) is 23.0. The summed E-state index contributed by atoms with van der Waals surface area (Å²) in [6, 6.07) is 8.44. The quantitative estimate of drug-likeness (QED) is 0.677. The molecule has 1 saturated heterocycles. The Balaban J connectivity index is 1.56. The van der Waals surface area contributed by atoms with E-state index in [1.54, 1.807) is 4.68 Å². The molecular formula is C24H32N6O2. The van der Waals surface area contributed by atoms with Gasteiger partial charge in [-0.3, -0.25) is 9.59 Å². The highest BCUT2D eigenvalue weighted by atomic mass is 16.2. The number of H-pyrrole nitrogens is 1. The summed E-state index contributed by atoms with van der Waals surface area (Å²) in [6.07, 6.45) is 1.56. The van der Waals surface area contributed by atoms with Crippen LogP contribution < -0.4 is 5.56 Å². The smallest absolute Gasteiger partial charge is 0.281 e. The first-order chi connectivity index (χ1) is 15.1. The molecule has 8 nitrogen and oxygen atoms in total. The molecule has 3 aromatic rings. The highest BCUT2D eigenvalue weighted by Gasteiger charge is 2.27. The van der Waals surface area contributed by atoms with E-state index in [1.165, 1.54) is 5.56 Å². The van der Waals surface area contributed by atoms with Crippen LogP contribution in [0.1, 0.15) is 70.3 Å². The van der Waals surface area contributed by atoms with Gasteiger partial charge in [-0.25, -0.2) is 9.67 Å². The standard InChI is InChI=1S/C24H32N6O2/c1-15(2)23(32)29-12-10-17(11-13-29)20-25-21-19(22(31)26-20)27-28-30(21)14-16-6-8-18(9-7-16)24(3,4)5/h6-9,15,17H,10-14H2,1-5H3,(H,25,26,31). The molecule has 1 fully saturated rings. The lowest BCUT2D eigenvalue weighted by molar-refractivity contribution is -0.135. The molecule has 1 aliphatic heterocycles. The number of amides is 1. The van der Waals surface area contributed by atoms with Crippen molar-refractivity contribution in [1.29, 1.82) is 0 Å². The Kier molecular flexibility index (Phi) is 5.88. The van der Waals surface area contributed by atoms with Crippen LogP contribution in [0.25, 0.3) is 11.2 Å². The fraction of sp³-hybridized carbons (Fsp3) is 0.542. The van der Waals surface area contributed by atoms with Gasteiger partial charge in [0.05, 0.1) is 6.54 Å². The normalized spacial score (nSPS) is 15.6. The van der Waals surface area contributed by atoms with Crippen LogP contribution in [0.15, 0.2) is 29.1 Å². The molecule has 4 rings (SSSR count). The predicted molar refractivity (Wildman–Crippen MR) is 124 cm³/mol. The van der Waals surface area contributed by atoms with Gasteiger partial charge in [-0.2, -0.15) is 0 Å². The zero-order valence-electron chi connectivity index (χ0n) is 19.6. The van der Waals surface area contributed by atoms with E-state index in [2.05, 4.69) is 60.3 Å². The molecule has 1 aromatic carbocycles. The summed E-state index contributed by atoms with van der Waals surface area (Å²) in [6.45, 7) is 12.3. The van der Waals surface area contributed by atoms with Crippen molar-refractivity contribution in [3.8, 4) is 0 Å². The van der Waals surface area contributed by atoms with Crippen LogP contribution in [0.2, 0.25) is 0 Å². The number of hydrogen-bond donors (Lipinski definition) is 1. The first-order valence-electron chi connectivity index (χ1n) is 11.3. The van der Waals surface area contributed by atoms with Crippen molar-refractivity contribution in [1.82, 2.24) is 29.9 Å². The predicted octanol–water partition coefficient (Wildman–Crippen LogP) is 3.22. The molecule has 1 amide bonds. The van der Waals surface area contributed by atoms with E-state index < -0.39 is 0 Å². The molecular weight excluding hydrogens is 404 g/mol. The third-order valence-corrected chi connectivity index (χ3v) is 6.23. The average molecular weight is 437 g/mol. The largest absolute Gasteiger partial charge is 0.342 e. The molecule has 3 heterocycles. The number of rotatable bonds is 4. The van der Waals surface area contributed by atoms with Crippen LogP contribution in [-0.2, 0) is 16.8 Å². The number of fused-ring (bicyclic) bond motifs is 1. The lowest BCUT2D eigenvalue weighted by Crippen LogP contribution is -2.40. The number of nitrogens with one attached hydrogen (secondary N) is 1. The second-order valence-corrected chi connectivity index (χ2v) is 10.1. The molecule has 0 spiro atoms. The number of piperidine rings is 1. The molecule has 0 radical (unpaired) electrons. The monoisotopic (exact) mass is 436 g/mol. The second kappa shape index (κ2) is 8.48. The first-order valence-corrected chi connectivity index (χ1v) is 11.3. The highest BCUT2D eigenvalue weighted by Crippen LogP contribution is 2.27. The summed E-state index contributed by atoms with van der Waals surface area (Å²) < 4.78 is 1.69. The molecule has 32 heavy (non-hydrogen) atoms. The minimum Gasteiger partial charge on any atom is -0.342 e. The Morgan fingerprint density at radius 2 is 1.81 bits per heavy atom. The molecule has 2 aromatic heterocycles. The maximum absolute atomic E-state index is 12.6. The van der Waals surface area contributed by atoms with Crippen LogP contribution in [0.4, 0.5) is 0 Å². The molecule has 0 unspecified atom stereocenters. The van der Waals surface area contributed by atoms with Gasteiger partial charge in [0.1, 0.15) is 5.82 Å². The second-order valence-electron chi connectivity index (χ2n) is 10.1. The number of aromatic nitrogens is 5. The van der Waals surface area contributed by atoms with Gasteiger partial charge in [0.2, 0.25) is 5.91 Å². The van der Waals surface area contributed by atoms with E-state index in [0.29, 0.717) is 31.1 Å². The molecule has 8 heteroatoms. The SMILES string of the molecule is CC(C)C(=O)N1CCC(c2nc3c(nnn3Cc3ccc(C(C)(C)C)cc3)c(=O)[nH]2)CC1. The lowest BCUT2D eigenvalue weighted by Gasteiger charge is -2.32. The Bertz CT molecular complexity index is 1160. The molecule has 1 N–H and O–H groups in total. The van der Waals surface area contributed by atoms with Gasteiger partial charge in [-0.1, -0.05) is 64.1 Å². The van der Waals surface area contributed by atoms with Crippen molar-refractivity contribution in [3.05, 3.63) is 51.6 Å². The molecule has 0 atom stereocenters. The minimum absolute atomic E-state index is 0.00118. The van der Waals surface area contributed by atoms with Gasteiger partial charge >= 0.3 is 0 Å². The van der Waals surface area contributed by atoms with Crippen molar-refractivity contribution in [3.63, 3.8) is 0 Å². The number of carbonyl (C=O) groups excluding carboxylic acids is 1. The van der Waals surface area contributed by atoms with Gasteiger partial charge in [0.15, 0.2) is 11.2 Å². The van der Waals surface area contributed by atoms with Crippen molar-refractivity contribution < 1.29 is 4.79 Å². The van der Waals surface area contributed by atoms with Crippen LogP contribution in [-0.4, -0.2) is 48.9 Å². The van der Waals surface area contributed by atoms with Crippen LogP contribution in [0, 0.1) is 5.92 Å². The average Bonchev–Trinajstić information content (AvgIpc) is 3.16. The molecule has 1 aliphatic rings. The lowest BCUT2D eigenvalue weighted by atomic mass is 9.87. The molecule has 170 valence electrons. The number of hydrogen-bond acceptors (Lipinski definition) is 5. The van der Waals surface area contributed by atoms with Gasteiger partial charge in [0.25, 0.3) is 5.56 Å². The Morgan fingerprint density at radius 3 is 2.41 bits per heavy atom. The van der Waals surface area contributed by atoms with Crippen LogP contribution >= 0.6 is 0 Å². The van der Waals surface area contributed by atoms with Crippen molar-refractivity contribution in [2.75, 3.05) is 13.1 Å². The summed E-state index contributed by atoms with van der Waals surface area (Å²) in [5.74, 6) is 0.947. The Hall–Kier alpha value is -3.03. The van der Waals surface area contributed by atoms with Crippen molar-refractivity contribution in [2.45, 2.75) is 65.3 Å². The van der Waals surface area contributed by atoms with Gasteiger partial charge < -0.3 is 9.88 Å². The van der Waals surface area contributed by atoms with E-state index in [9.17, 15) is 9.59 Å². The highest BCUT2D eigenvalue weighted by molar-refractivity contribution is 5.78. The van der Waals surface area contributed by atoms with Gasteiger partial charge in [-0.15, -0.1) is 5.10 Å². The Morgan fingerprint density at radius 1 is 1.16 bits per heavy atom. The summed E-state index contributed by atoms with van der Waals surface area (Å²) in [5.41, 5.74) is 2.94. The van der Waals surface area contributed by atoms with Crippen molar-refractivity contribution in [2.24, 2.45) is 5.92 Å². The Labute approximate surface area is 188 Å². The van der Waals surface area contributed by atoms with Crippen LogP contribution in [0.5, 0.6) is 0 Å². The number of carbonyl (C=O) groups is 1. The number of likely N-dealkylation sites (tertiary alicyclic amines) is 1. The summed E-state index contributed by atoms with van der Waals surface area (Å²) in [5, 5.41) is 8.26. The third-order valence-electron chi connectivity index (χ3n) is 6.23. The zero-order valence-corrected chi connectivity index (χ0v) is 19.6. The maximum atomic E-state index is 12.6. The van der Waals surface area contributed by atoms with Gasteiger partial charge in [-0.05, 0) is 29.4 Å². The topological polar surface area (TPSA) is 96.8 Å². The molecule has 0 aliphatic carbocycles. The van der Waals surface area contributed by atoms with Crippen molar-refractivity contribution >= 4 is 17.1 Å². The van der Waals surface area contributed by atoms with E-state index >= 15 is 0 Å². The third kappa shape index (κ3) is 4.45. The first kappa shape index (κ1) is 22.2. The number of aromatic amines is 1. The number of nitrogens with zero attached hydrogens (tertiary/aromatic N) is 5. The molecule has 0 saturated carbocycles. The fourth-order valence-electron chi connectivity index (χ4n) is 4.20. The van der Waals surface area contributed by atoms with E-state index in [1.807, 2.05) is 18.7 Å². The summed E-state index contributed by atoms with van der Waals surface area (Å²) >= 11 is 0. The number of benzene rings is 1. The molecule has 0 bridgehead atoms. The maximum Gasteiger partial charge on any atom is 0.281 e. The summed E-state index contributed by atoms with van der Waals surface area (Å²) in [7, 11) is 0. The summed E-state index contributed by atoms with van der Waals surface area (Å²) in [4.78, 5) is 34.5. The van der Waals surface area contributed by atoms with Crippen LogP contribution in [0.3, 0.4) is 0 Å². The minimum atomic E-state index is -0.264. The fourth-order valence-corrected chi connectivity index (χ4v) is 4.20. The van der Waals surface area contributed by atoms with E-state index in [4.69, 9.17) is 4.98 Å². The van der Waals surface area contributed by atoms with E-state index in [-0.39, 0.29) is 34.2 Å². The van der Waals surface area contributed by atoms with Gasteiger partial charge in [0, 0.05) is 24.9 Å². The van der Waals surface area contributed by atoms with E-state index in [0.717, 1.165) is 18.4 Å².